The van der Waals surface area contributed by atoms with Gasteiger partial charge in [0.1, 0.15) is 0 Å². The van der Waals surface area contributed by atoms with Crippen LogP contribution in [0.15, 0.2) is 4.99 Å². The molecule has 0 saturated carbocycles. The van der Waals surface area contributed by atoms with Gasteiger partial charge in [-0.3, -0.25) is 4.99 Å². The van der Waals surface area contributed by atoms with Gasteiger partial charge in [0, 0.05) is 11.5 Å². The second kappa shape index (κ2) is 1.65. The Morgan fingerprint density at radius 1 is 2.00 bits per heavy atom. The lowest BCUT2D eigenvalue weighted by molar-refractivity contribution is 1.53. The fourth-order valence-electron chi connectivity index (χ4n) is 0.279. The molecular weight excluding hydrogens is 94.1 g/mol. The van der Waals surface area contributed by atoms with Gasteiger partial charge in [-0.2, -0.15) is 0 Å². The summed E-state index contributed by atoms with van der Waals surface area (Å²) in [6, 6.07) is 0. The predicted molar refractivity (Wildman–Crippen MR) is 28.8 cm³/mol. The van der Waals surface area contributed by atoms with Gasteiger partial charge in [-0.15, -0.1) is 11.8 Å². The molecule has 2 radical (unpaired) electrons. The van der Waals surface area contributed by atoms with Gasteiger partial charge < -0.3 is 0 Å². The van der Waals surface area contributed by atoms with Crippen molar-refractivity contribution in [2.24, 2.45) is 4.99 Å². The van der Waals surface area contributed by atoms with E-state index in [1.165, 1.54) is 5.71 Å². The van der Waals surface area contributed by atoms with E-state index in [9.17, 15) is 0 Å². The lowest BCUT2D eigenvalue weighted by atomic mass is 10.5. The summed E-state index contributed by atoms with van der Waals surface area (Å²) in [5.41, 5.74) is 1.18. The second-order valence-electron chi connectivity index (χ2n) is 1.23. The van der Waals surface area contributed by atoms with Crippen LogP contribution in [0.2, 0.25) is 0 Å². The summed E-state index contributed by atoms with van der Waals surface area (Å²) in [5.74, 6) is 3.82. The van der Waals surface area contributed by atoms with Crippen molar-refractivity contribution in [1.82, 2.24) is 0 Å². The molecule has 1 aliphatic rings. The van der Waals surface area contributed by atoms with Gasteiger partial charge in [-0.1, -0.05) is 0 Å². The molecule has 0 aliphatic carbocycles. The average molecular weight is 99.2 g/mol. The summed E-state index contributed by atoms with van der Waals surface area (Å²) in [7, 11) is 0. The molecule has 0 N–H and O–H groups in total. The number of aliphatic imine (C=N–C) groups is 1. The van der Waals surface area contributed by atoms with Gasteiger partial charge >= 0.3 is 0 Å². The van der Waals surface area contributed by atoms with Crippen molar-refractivity contribution >= 4 is 17.5 Å². The van der Waals surface area contributed by atoms with Gasteiger partial charge in [0.05, 0.1) is 0 Å². The van der Waals surface area contributed by atoms with E-state index >= 15 is 0 Å². The van der Waals surface area contributed by atoms with Gasteiger partial charge in [0.15, 0.2) is 5.88 Å². The van der Waals surface area contributed by atoms with Crippen molar-refractivity contribution in [2.45, 2.75) is 6.92 Å². The summed E-state index contributed by atoms with van der Waals surface area (Å²) in [5, 5.41) is 0. The molecule has 2 heteroatoms. The summed E-state index contributed by atoms with van der Waals surface area (Å²) in [6.07, 6.45) is 0. The molecule has 0 aromatic heterocycles. The summed E-state index contributed by atoms with van der Waals surface area (Å²) < 4.78 is 0. The quantitative estimate of drug-likeness (QED) is 0.444. The van der Waals surface area contributed by atoms with Gasteiger partial charge in [0.25, 0.3) is 0 Å². The fraction of sp³-hybridized carbons (Fsp3) is 0.500. The maximum absolute atomic E-state index is 3.87. The first-order chi connectivity index (χ1) is 2.89. The number of nitrogens with zero attached hydrogens (tertiary/aromatic N) is 1. The first-order valence-corrected chi connectivity index (χ1v) is 2.78. The second-order valence-corrected chi connectivity index (χ2v) is 1.99. The van der Waals surface area contributed by atoms with E-state index in [4.69, 9.17) is 0 Å². The highest BCUT2D eigenvalue weighted by molar-refractivity contribution is 8.02. The van der Waals surface area contributed by atoms with E-state index in [1.54, 1.807) is 11.8 Å². The van der Waals surface area contributed by atoms with Crippen LogP contribution in [-0.2, 0) is 0 Å². The molecule has 0 saturated heterocycles. The van der Waals surface area contributed by atoms with Gasteiger partial charge in [0.2, 0.25) is 0 Å². The van der Waals surface area contributed by atoms with Crippen LogP contribution < -0.4 is 0 Å². The van der Waals surface area contributed by atoms with Gasteiger partial charge in [-0.25, -0.2) is 0 Å². The van der Waals surface area contributed by atoms with E-state index in [0.29, 0.717) is 0 Å². The minimum absolute atomic E-state index is 1.04. The van der Waals surface area contributed by atoms with Crippen molar-refractivity contribution < 1.29 is 0 Å². The number of thioether (sulfide) groups is 1. The standard InChI is InChI=1S/C4H5NS/c1-4-2-6-3-5-4/h2H2,1H3. The Morgan fingerprint density at radius 3 is 3.00 bits per heavy atom. The first kappa shape index (κ1) is 4.19. The van der Waals surface area contributed by atoms with Crippen LogP contribution in [0.1, 0.15) is 6.92 Å². The lowest BCUT2D eigenvalue weighted by Crippen LogP contribution is -1.84. The Hall–Kier alpha value is 0.0200. The van der Waals surface area contributed by atoms with Crippen LogP contribution in [0, 0.1) is 5.88 Å². The fourth-order valence-corrected chi connectivity index (χ4v) is 0.838. The van der Waals surface area contributed by atoms with Crippen LogP contribution in [0.3, 0.4) is 0 Å². The topological polar surface area (TPSA) is 12.4 Å². The van der Waals surface area contributed by atoms with Gasteiger partial charge in [-0.05, 0) is 6.92 Å². The highest BCUT2D eigenvalue weighted by atomic mass is 32.2. The van der Waals surface area contributed by atoms with E-state index in [2.05, 4.69) is 10.9 Å². The maximum atomic E-state index is 3.87. The van der Waals surface area contributed by atoms with E-state index in [1.807, 2.05) is 6.92 Å². The largest absolute Gasteiger partial charge is 0.269 e. The zero-order chi connectivity index (χ0) is 4.41. The highest BCUT2D eigenvalue weighted by Crippen LogP contribution is 2.13. The molecule has 0 spiro atoms. The lowest BCUT2D eigenvalue weighted by Gasteiger charge is -1.75. The third-order valence-corrected chi connectivity index (χ3v) is 1.36. The Labute approximate surface area is 41.8 Å². The normalized spacial score (nSPS) is 21.2. The zero-order valence-electron chi connectivity index (χ0n) is 3.56. The summed E-state index contributed by atoms with van der Waals surface area (Å²) in [4.78, 5) is 3.87. The predicted octanol–water partition coefficient (Wildman–Crippen LogP) is 1.19. The highest BCUT2D eigenvalue weighted by Gasteiger charge is 1.98. The third kappa shape index (κ3) is 0.744. The average Bonchev–Trinajstić information content (AvgIpc) is 1.86. The Morgan fingerprint density at radius 2 is 2.83 bits per heavy atom. The number of hydrogen-bond donors (Lipinski definition) is 0. The third-order valence-electron chi connectivity index (χ3n) is 0.582. The molecule has 0 unspecified atom stereocenters. The molecule has 0 aromatic rings. The van der Waals surface area contributed by atoms with Crippen LogP contribution >= 0.6 is 11.8 Å². The zero-order valence-corrected chi connectivity index (χ0v) is 4.38. The molecule has 0 amide bonds. The Kier molecular flexibility index (Phi) is 1.15. The molecule has 1 heterocycles. The van der Waals surface area contributed by atoms with Crippen molar-refractivity contribution in [2.75, 3.05) is 5.75 Å². The number of rotatable bonds is 0. The molecule has 1 aliphatic heterocycles. The minimum atomic E-state index is 1.04. The SMILES string of the molecule is CC1=N[C]SC1. The van der Waals surface area contributed by atoms with Crippen LogP contribution in [0.5, 0.6) is 0 Å². The molecule has 0 bridgehead atoms. The molecule has 1 rings (SSSR count). The number of hydrogen-bond acceptors (Lipinski definition) is 2. The van der Waals surface area contributed by atoms with Crippen molar-refractivity contribution in [3.05, 3.63) is 5.88 Å². The van der Waals surface area contributed by atoms with Crippen LogP contribution in [0.4, 0.5) is 0 Å². The molecule has 0 atom stereocenters. The van der Waals surface area contributed by atoms with Crippen LogP contribution in [0.25, 0.3) is 0 Å². The summed E-state index contributed by atoms with van der Waals surface area (Å²) in [6.45, 7) is 2.01. The van der Waals surface area contributed by atoms with Crippen molar-refractivity contribution in [1.29, 1.82) is 0 Å². The van der Waals surface area contributed by atoms with Crippen molar-refractivity contribution in [3.63, 3.8) is 0 Å². The minimum Gasteiger partial charge on any atom is -0.269 e. The van der Waals surface area contributed by atoms with Crippen molar-refractivity contribution in [3.8, 4) is 0 Å². The molecule has 0 aromatic carbocycles. The van der Waals surface area contributed by atoms with Crippen LogP contribution in [-0.4, -0.2) is 11.5 Å². The summed E-state index contributed by atoms with van der Waals surface area (Å²) >= 11 is 1.63. The molecule has 0 fully saturated rings. The van der Waals surface area contributed by atoms with E-state index in [-0.39, 0.29) is 0 Å². The molecule has 6 heavy (non-hydrogen) atoms. The Bertz CT molecular complexity index is 77.6. The monoisotopic (exact) mass is 99.0 g/mol. The smallest absolute Gasteiger partial charge is 0.182 e. The maximum Gasteiger partial charge on any atom is 0.182 e. The first-order valence-electron chi connectivity index (χ1n) is 1.79. The molecule has 1 nitrogen and oxygen atoms in total. The molecule has 32 valence electrons. The van der Waals surface area contributed by atoms with E-state index in [0.717, 1.165) is 5.75 Å². The Balaban J connectivity index is 2.45. The molecular formula is C4H5NS. The van der Waals surface area contributed by atoms with E-state index < -0.39 is 0 Å².